The summed E-state index contributed by atoms with van der Waals surface area (Å²) in [6.45, 7) is 2.52. The van der Waals surface area contributed by atoms with Crippen LogP contribution in [0.5, 0.6) is 0 Å². The molecule has 0 aromatic carbocycles. The van der Waals surface area contributed by atoms with Crippen LogP contribution in [0, 0.1) is 0 Å². The Labute approximate surface area is 115 Å². The summed E-state index contributed by atoms with van der Waals surface area (Å²) in [6, 6.07) is 4.32. The Morgan fingerprint density at radius 1 is 1.42 bits per heavy atom. The van der Waals surface area contributed by atoms with Crippen molar-refractivity contribution in [1.82, 2.24) is 14.2 Å². The average Bonchev–Trinajstić information content (AvgIpc) is 2.64. The molecule has 2 aliphatic rings. The number of aromatic nitrogens is 1. The number of nitrogens with zero attached hydrogens (tertiary/aromatic N) is 3. The Morgan fingerprint density at radius 2 is 2.11 bits per heavy atom. The van der Waals surface area contributed by atoms with Gasteiger partial charge < -0.3 is 4.55 Å². The molecule has 104 valence electrons. The minimum absolute atomic E-state index is 0.158. The number of hydrogen-bond donors (Lipinski definition) is 0. The van der Waals surface area contributed by atoms with Gasteiger partial charge in [-0.25, -0.2) is 0 Å². The van der Waals surface area contributed by atoms with E-state index in [0.717, 1.165) is 32.5 Å². The molecule has 3 atom stereocenters. The normalized spacial score (nSPS) is 31.3. The third-order valence-corrected chi connectivity index (χ3v) is 5.36. The molecule has 1 aromatic heterocycles. The highest BCUT2D eigenvalue weighted by atomic mass is 32.3. The van der Waals surface area contributed by atoms with Crippen molar-refractivity contribution >= 4 is 10.4 Å². The molecule has 0 saturated carbocycles. The van der Waals surface area contributed by atoms with Crippen LogP contribution in [0.15, 0.2) is 24.5 Å². The van der Waals surface area contributed by atoms with E-state index in [2.05, 4.69) is 16.0 Å². The molecule has 0 aliphatic carbocycles. The van der Waals surface area contributed by atoms with Gasteiger partial charge in [-0.05, 0) is 24.5 Å². The van der Waals surface area contributed by atoms with Gasteiger partial charge in [0.15, 0.2) is 0 Å². The van der Waals surface area contributed by atoms with Crippen LogP contribution in [0.2, 0.25) is 0 Å². The molecule has 1 aromatic rings. The standard InChI is InChI=1S/C13H19N3O2S/c1-19(17,18)16-12-4-5-13(16)10-15(9-12)8-11-3-2-6-14-7-11/h2-3,6-7,12-13H,4-5,8-10H2,1H3. The second kappa shape index (κ2) is 4.94. The van der Waals surface area contributed by atoms with Gasteiger partial charge in [0.25, 0.3) is 0 Å². The first-order chi connectivity index (χ1) is 9.04. The highest BCUT2D eigenvalue weighted by molar-refractivity contribution is 7.94. The van der Waals surface area contributed by atoms with Crippen molar-refractivity contribution in [3.8, 4) is 0 Å². The Morgan fingerprint density at radius 3 is 2.63 bits per heavy atom. The Hall–Kier alpha value is -0.820. The van der Waals surface area contributed by atoms with E-state index in [4.69, 9.17) is 0 Å². The zero-order valence-electron chi connectivity index (χ0n) is 11.1. The summed E-state index contributed by atoms with van der Waals surface area (Å²) in [4.78, 5) is 6.47. The SMILES string of the molecule is C[S+](=O)([O-])N1C2CCC1CN(Cc1cccnc1)C2. The van der Waals surface area contributed by atoms with Crippen LogP contribution in [0.1, 0.15) is 18.4 Å². The maximum atomic E-state index is 11.8. The van der Waals surface area contributed by atoms with Gasteiger partial charge in [0.1, 0.15) is 16.7 Å². The molecule has 2 saturated heterocycles. The fraction of sp³-hybridized carbons (Fsp3) is 0.615. The van der Waals surface area contributed by atoms with Gasteiger partial charge in [-0.3, -0.25) is 9.88 Å². The maximum Gasteiger partial charge on any atom is 0.123 e. The van der Waals surface area contributed by atoms with Crippen LogP contribution in [0.4, 0.5) is 0 Å². The first kappa shape index (κ1) is 13.2. The van der Waals surface area contributed by atoms with Gasteiger partial charge in [0.05, 0.1) is 12.1 Å². The van der Waals surface area contributed by atoms with E-state index in [0.29, 0.717) is 0 Å². The molecule has 0 N–H and O–H groups in total. The zero-order valence-corrected chi connectivity index (χ0v) is 11.9. The third kappa shape index (κ3) is 2.72. The second-order valence-corrected chi connectivity index (χ2v) is 7.42. The lowest BCUT2D eigenvalue weighted by Gasteiger charge is -2.40. The molecule has 3 rings (SSSR count). The number of fused-ring (bicyclic) bond motifs is 2. The Kier molecular flexibility index (Phi) is 3.42. The lowest BCUT2D eigenvalue weighted by atomic mass is 10.2. The molecular formula is C13H19N3O2S. The minimum atomic E-state index is -3.06. The Bertz CT molecular complexity index is 476. The number of hydrogen-bond acceptors (Lipinski definition) is 4. The summed E-state index contributed by atoms with van der Waals surface area (Å²) in [7, 11) is -3.06. The monoisotopic (exact) mass is 281 g/mol. The van der Waals surface area contributed by atoms with Crippen LogP contribution in [0.25, 0.3) is 0 Å². The van der Waals surface area contributed by atoms with Crippen molar-refractivity contribution in [2.75, 3.05) is 19.3 Å². The van der Waals surface area contributed by atoms with Crippen LogP contribution < -0.4 is 0 Å². The fourth-order valence-corrected chi connectivity index (χ4v) is 4.80. The molecule has 3 unspecified atom stereocenters. The highest BCUT2D eigenvalue weighted by Crippen LogP contribution is 2.34. The topological polar surface area (TPSA) is 59.5 Å². The van der Waals surface area contributed by atoms with Crippen LogP contribution >= 0.6 is 0 Å². The number of rotatable bonds is 3. The first-order valence-corrected chi connectivity index (χ1v) is 8.48. The largest absolute Gasteiger partial charge is 0.598 e. The van der Waals surface area contributed by atoms with Gasteiger partial charge in [-0.1, -0.05) is 10.3 Å². The maximum absolute atomic E-state index is 11.8. The van der Waals surface area contributed by atoms with Crippen molar-refractivity contribution in [3.63, 3.8) is 0 Å². The van der Waals surface area contributed by atoms with E-state index < -0.39 is 10.4 Å². The molecule has 0 amide bonds. The molecule has 2 bridgehead atoms. The summed E-state index contributed by atoms with van der Waals surface area (Å²) in [5, 5.41) is 0. The molecule has 6 heteroatoms. The van der Waals surface area contributed by atoms with Gasteiger partial charge in [-0.15, -0.1) is 4.31 Å². The van der Waals surface area contributed by atoms with Crippen molar-refractivity contribution in [1.29, 1.82) is 0 Å². The molecule has 0 radical (unpaired) electrons. The lowest BCUT2D eigenvalue weighted by molar-refractivity contribution is 0.117. The second-order valence-electron chi connectivity index (χ2n) is 5.53. The van der Waals surface area contributed by atoms with Gasteiger partial charge in [0, 0.05) is 32.0 Å². The van der Waals surface area contributed by atoms with E-state index in [1.165, 1.54) is 11.8 Å². The van der Waals surface area contributed by atoms with Crippen LogP contribution in [0.3, 0.4) is 0 Å². The Balaban J connectivity index is 1.69. The smallest absolute Gasteiger partial charge is 0.123 e. The summed E-state index contributed by atoms with van der Waals surface area (Å²) in [5.41, 5.74) is 1.19. The summed E-state index contributed by atoms with van der Waals surface area (Å²) >= 11 is 0. The predicted molar refractivity (Wildman–Crippen MR) is 72.9 cm³/mol. The molecule has 2 aliphatic heterocycles. The molecule has 5 nitrogen and oxygen atoms in total. The van der Waals surface area contributed by atoms with Crippen molar-refractivity contribution in [3.05, 3.63) is 30.1 Å². The molecule has 3 heterocycles. The molecule has 19 heavy (non-hydrogen) atoms. The average molecular weight is 281 g/mol. The van der Waals surface area contributed by atoms with Crippen LogP contribution in [-0.2, 0) is 21.2 Å². The molecule has 2 fully saturated rings. The zero-order chi connectivity index (χ0) is 13.5. The van der Waals surface area contributed by atoms with E-state index >= 15 is 0 Å². The number of likely N-dealkylation sites (tertiary alicyclic amines) is 1. The highest BCUT2D eigenvalue weighted by Gasteiger charge is 2.47. The van der Waals surface area contributed by atoms with E-state index in [-0.39, 0.29) is 12.1 Å². The molecular weight excluding hydrogens is 262 g/mol. The third-order valence-electron chi connectivity index (χ3n) is 4.00. The van der Waals surface area contributed by atoms with Gasteiger partial charge in [0.2, 0.25) is 0 Å². The summed E-state index contributed by atoms with van der Waals surface area (Å²) in [5.74, 6) is 0. The predicted octanol–water partition coefficient (Wildman–Crippen LogP) is 0.905. The molecule has 0 spiro atoms. The van der Waals surface area contributed by atoms with Crippen LogP contribution in [-0.4, -0.2) is 50.2 Å². The van der Waals surface area contributed by atoms with E-state index in [9.17, 15) is 8.76 Å². The van der Waals surface area contributed by atoms with E-state index in [1.54, 1.807) is 10.5 Å². The minimum Gasteiger partial charge on any atom is -0.598 e. The number of piperazine rings is 1. The quantitative estimate of drug-likeness (QED) is 0.773. The van der Waals surface area contributed by atoms with Crippen molar-refractivity contribution < 1.29 is 8.76 Å². The van der Waals surface area contributed by atoms with Gasteiger partial charge >= 0.3 is 0 Å². The summed E-state index contributed by atoms with van der Waals surface area (Å²) in [6.07, 6.45) is 6.96. The van der Waals surface area contributed by atoms with E-state index in [1.807, 2.05) is 12.3 Å². The fourth-order valence-electron chi connectivity index (χ4n) is 3.37. The van der Waals surface area contributed by atoms with Crippen molar-refractivity contribution in [2.45, 2.75) is 31.5 Å². The summed E-state index contributed by atoms with van der Waals surface area (Å²) < 4.78 is 25.3. The van der Waals surface area contributed by atoms with Crippen molar-refractivity contribution in [2.24, 2.45) is 0 Å². The first-order valence-electron chi connectivity index (χ1n) is 6.64. The number of sulfonamides is 1. The lowest BCUT2D eigenvalue weighted by Crippen LogP contribution is -2.56. The van der Waals surface area contributed by atoms with Gasteiger partial charge in [-0.2, -0.15) is 0 Å². The number of pyridine rings is 1.